The third kappa shape index (κ3) is 3.32. The summed E-state index contributed by atoms with van der Waals surface area (Å²) >= 11 is 7.43. The summed E-state index contributed by atoms with van der Waals surface area (Å²) < 4.78 is 4.12. The number of hydrogen-bond acceptors (Lipinski definition) is 4. The summed E-state index contributed by atoms with van der Waals surface area (Å²) in [5.74, 6) is 0.377. The van der Waals surface area contributed by atoms with Crippen LogP contribution in [0.4, 0.5) is 0 Å². The predicted molar refractivity (Wildman–Crippen MR) is 81.0 cm³/mol. The molecule has 102 valence electrons. The van der Waals surface area contributed by atoms with E-state index >= 15 is 0 Å². The van der Waals surface area contributed by atoms with Crippen LogP contribution in [0.25, 0.3) is 0 Å². The molecule has 0 aliphatic rings. The van der Waals surface area contributed by atoms with Crippen molar-refractivity contribution in [2.45, 2.75) is 32.7 Å². The van der Waals surface area contributed by atoms with E-state index in [9.17, 15) is 0 Å². The predicted octanol–water partition coefficient (Wildman–Crippen LogP) is 4.01. The summed E-state index contributed by atoms with van der Waals surface area (Å²) in [6, 6.07) is 8.09. The fourth-order valence-electron chi connectivity index (χ4n) is 2.03. The maximum absolute atomic E-state index is 5.96. The summed E-state index contributed by atoms with van der Waals surface area (Å²) in [7, 11) is 0. The highest BCUT2D eigenvalue weighted by Crippen LogP contribution is 2.31. The fourth-order valence-corrected chi connectivity index (χ4v) is 3.06. The van der Waals surface area contributed by atoms with Crippen LogP contribution in [0.5, 0.6) is 0 Å². The molecule has 3 nitrogen and oxygen atoms in total. The molecule has 0 aliphatic heterocycles. The molecule has 0 saturated heterocycles. The minimum absolute atomic E-state index is 0.139. The highest BCUT2D eigenvalue weighted by molar-refractivity contribution is 7.05. The van der Waals surface area contributed by atoms with Crippen molar-refractivity contribution in [3.05, 3.63) is 45.4 Å². The van der Waals surface area contributed by atoms with Crippen molar-refractivity contribution < 1.29 is 0 Å². The minimum Gasteiger partial charge on any atom is -0.306 e. The Labute approximate surface area is 123 Å². The molecule has 1 unspecified atom stereocenters. The molecule has 5 heteroatoms. The largest absolute Gasteiger partial charge is 0.306 e. The first-order valence-electron chi connectivity index (χ1n) is 6.44. The van der Waals surface area contributed by atoms with Crippen LogP contribution in [0.1, 0.15) is 48.9 Å². The van der Waals surface area contributed by atoms with E-state index in [1.54, 1.807) is 0 Å². The Bertz CT molecular complexity index is 522. The van der Waals surface area contributed by atoms with Crippen LogP contribution in [0, 0.1) is 0 Å². The maximum atomic E-state index is 5.96. The monoisotopic (exact) mass is 295 g/mol. The van der Waals surface area contributed by atoms with Gasteiger partial charge in [-0.3, -0.25) is 0 Å². The first-order chi connectivity index (χ1) is 9.13. The second-order valence-corrected chi connectivity index (χ2v) is 5.94. The Morgan fingerprint density at radius 3 is 2.53 bits per heavy atom. The Morgan fingerprint density at radius 2 is 1.95 bits per heavy atom. The topological polar surface area (TPSA) is 37.8 Å². The Kier molecular flexibility index (Phi) is 4.91. The SMILES string of the molecule is CCNC(c1ccc(Cl)cc1)c1snnc1C(C)C. The van der Waals surface area contributed by atoms with Crippen molar-refractivity contribution >= 4 is 23.1 Å². The van der Waals surface area contributed by atoms with Gasteiger partial charge in [-0.2, -0.15) is 0 Å². The zero-order chi connectivity index (χ0) is 13.8. The van der Waals surface area contributed by atoms with E-state index in [0.717, 1.165) is 17.3 Å². The van der Waals surface area contributed by atoms with Crippen molar-refractivity contribution in [3.8, 4) is 0 Å². The standard InChI is InChI=1S/C14H18ClN3S/c1-4-16-13(10-5-7-11(15)8-6-10)14-12(9(2)3)17-18-19-14/h5-9,13,16H,4H2,1-3H3. The normalized spacial score (nSPS) is 12.9. The first kappa shape index (κ1) is 14.4. The Balaban J connectivity index is 2.39. The van der Waals surface area contributed by atoms with Gasteiger partial charge in [-0.1, -0.05) is 49.0 Å². The van der Waals surface area contributed by atoms with Crippen LogP contribution in [-0.2, 0) is 0 Å². The molecule has 1 aromatic carbocycles. The molecule has 19 heavy (non-hydrogen) atoms. The Hall–Kier alpha value is -0.970. The van der Waals surface area contributed by atoms with E-state index in [1.807, 2.05) is 12.1 Å². The molecule has 1 atom stereocenters. The molecule has 1 aromatic heterocycles. The van der Waals surface area contributed by atoms with Crippen molar-refractivity contribution in [1.82, 2.24) is 14.9 Å². The molecule has 1 heterocycles. The highest BCUT2D eigenvalue weighted by Gasteiger charge is 2.21. The van der Waals surface area contributed by atoms with E-state index in [0.29, 0.717) is 5.92 Å². The number of nitrogens with zero attached hydrogens (tertiary/aromatic N) is 2. The van der Waals surface area contributed by atoms with Crippen molar-refractivity contribution in [1.29, 1.82) is 0 Å². The minimum atomic E-state index is 0.139. The lowest BCUT2D eigenvalue weighted by Crippen LogP contribution is -2.22. The molecule has 0 saturated carbocycles. The van der Waals surface area contributed by atoms with Gasteiger partial charge in [0.25, 0.3) is 0 Å². The van der Waals surface area contributed by atoms with Crippen molar-refractivity contribution in [2.75, 3.05) is 6.54 Å². The van der Waals surface area contributed by atoms with Gasteiger partial charge in [0.05, 0.1) is 16.6 Å². The molecule has 1 N–H and O–H groups in total. The summed E-state index contributed by atoms with van der Waals surface area (Å²) in [6.45, 7) is 7.28. The third-order valence-corrected chi connectivity index (χ3v) is 4.02. The number of aromatic nitrogens is 2. The molecule has 0 spiro atoms. The lowest BCUT2D eigenvalue weighted by atomic mass is 10.0. The van der Waals surface area contributed by atoms with Gasteiger partial charge >= 0.3 is 0 Å². The smallest absolute Gasteiger partial charge is 0.0832 e. The van der Waals surface area contributed by atoms with Gasteiger partial charge in [-0.05, 0) is 41.7 Å². The molecule has 2 aromatic rings. The van der Waals surface area contributed by atoms with Gasteiger partial charge in [-0.25, -0.2) is 0 Å². The van der Waals surface area contributed by atoms with Crippen LogP contribution >= 0.6 is 23.1 Å². The van der Waals surface area contributed by atoms with Crippen LogP contribution in [0.2, 0.25) is 5.02 Å². The van der Waals surface area contributed by atoms with Crippen LogP contribution in [0.15, 0.2) is 24.3 Å². The number of rotatable bonds is 5. The summed E-state index contributed by atoms with van der Waals surface area (Å²) in [5.41, 5.74) is 2.27. The first-order valence-corrected chi connectivity index (χ1v) is 7.59. The number of hydrogen-bond donors (Lipinski definition) is 1. The van der Waals surface area contributed by atoms with E-state index in [4.69, 9.17) is 11.6 Å². The number of benzene rings is 1. The third-order valence-electron chi connectivity index (χ3n) is 2.96. The van der Waals surface area contributed by atoms with E-state index in [-0.39, 0.29) is 6.04 Å². The Morgan fingerprint density at radius 1 is 1.26 bits per heavy atom. The van der Waals surface area contributed by atoms with E-state index < -0.39 is 0 Å². The zero-order valence-electron chi connectivity index (χ0n) is 11.4. The molecule has 0 bridgehead atoms. The average molecular weight is 296 g/mol. The second-order valence-electron chi connectivity index (χ2n) is 4.72. The van der Waals surface area contributed by atoms with E-state index in [2.05, 4.69) is 47.8 Å². The molecule has 2 rings (SSSR count). The van der Waals surface area contributed by atoms with Gasteiger partial charge in [-0.15, -0.1) is 5.10 Å². The number of halogens is 1. The van der Waals surface area contributed by atoms with E-state index in [1.165, 1.54) is 22.0 Å². The van der Waals surface area contributed by atoms with Crippen LogP contribution in [0.3, 0.4) is 0 Å². The summed E-state index contributed by atoms with van der Waals surface area (Å²) in [5, 5.41) is 8.52. The second kappa shape index (κ2) is 6.46. The molecule has 0 radical (unpaired) electrons. The van der Waals surface area contributed by atoms with Gasteiger partial charge < -0.3 is 5.32 Å². The lowest BCUT2D eigenvalue weighted by molar-refractivity contribution is 0.626. The zero-order valence-corrected chi connectivity index (χ0v) is 12.9. The van der Waals surface area contributed by atoms with Gasteiger partial charge in [0.2, 0.25) is 0 Å². The van der Waals surface area contributed by atoms with Crippen LogP contribution in [-0.4, -0.2) is 16.1 Å². The highest BCUT2D eigenvalue weighted by atomic mass is 35.5. The fraction of sp³-hybridized carbons (Fsp3) is 0.429. The number of nitrogens with one attached hydrogen (secondary N) is 1. The van der Waals surface area contributed by atoms with Gasteiger partial charge in [0, 0.05) is 5.02 Å². The molecule has 0 fully saturated rings. The van der Waals surface area contributed by atoms with Crippen LogP contribution < -0.4 is 5.32 Å². The summed E-state index contributed by atoms with van der Waals surface area (Å²) in [6.07, 6.45) is 0. The molecule has 0 aliphatic carbocycles. The quantitative estimate of drug-likeness (QED) is 0.905. The van der Waals surface area contributed by atoms with Crippen molar-refractivity contribution in [3.63, 3.8) is 0 Å². The molecule has 0 amide bonds. The van der Waals surface area contributed by atoms with Gasteiger partial charge in [0.1, 0.15) is 0 Å². The lowest BCUT2D eigenvalue weighted by Gasteiger charge is -2.18. The summed E-state index contributed by atoms with van der Waals surface area (Å²) in [4.78, 5) is 1.19. The average Bonchev–Trinajstić information content (AvgIpc) is 2.86. The van der Waals surface area contributed by atoms with Gasteiger partial charge in [0.15, 0.2) is 0 Å². The molecular weight excluding hydrogens is 278 g/mol. The molecular formula is C14H18ClN3S. The maximum Gasteiger partial charge on any atom is 0.0832 e. The van der Waals surface area contributed by atoms with Crippen molar-refractivity contribution in [2.24, 2.45) is 0 Å².